The van der Waals surface area contributed by atoms with Crippen molar-refractivity contribution in [1.29, 1.82) is 0 Å². The number of aliphatic hydroxyl groups is 1. The van der Waals surface area contributed by atoms with Gasteiger partial charge in [0.15, 0.2) is 11.5 Å². The number of nitrogens with zero attached hydrogens (tertiary/aromatic N) is 1. The number of urea groups is 1. The second-order valence-corrected chi connectivity index (χ2v) is 5.96. The molecule has 1 atom stereocenters. The van der Waals surface area contributed by atoms with Crippen LogP contribution in [0.25, 0.3) is 11.1 Å². The van der Waals surface area contributed by atoms with Gasteiger partial charge in [0.25, 0.3) is 0 Å². The van der Waals surface area contributed by atoms with Gasteiger partial charge in [-0.05, 0) is 31.0 Å². The van der Waals surface area contributed by atoms with Crippen molar-refractivity contribution in [2.75, 3.05) is 11.9 Å². The number of nitrogens with one attached hydrogen (secondary N) is 2. The Hall–Kier alpha value is -2.86. The van der Waals surface area contributed by atoms with Crippen LogP contribution in [0.15, 0.2) is 52.9 Å². The molecule has 0 aliphatic carbocycles. The molecule has 1 heterocycles. The Morgan fingerprint density at radius 3 is 2.80 bits per heavy atom. The molecule has 0 saturated heterocycles. The molecule has 25 heavy (non-hydrogen) atoms. The standard InChI is InChI=1S/C19H21N3O3/c1-13(9-10-23)20-19(24)21-15-7-8-16-17(12-15)25-18(22-16)11-14-5-3-2-4-6-14/h2-8,12-13,23H,9-11H2,1H3,(H2,20,21,24)/t13-/m1/s1. The fourth-order valence-electron chi connectivity index (χ4n) is 2.55. The monoisotopic (exact) mass is 339 g/mol. The predicted octanol–water partition coefficient (Wildman–Crippen LogP) is 3.31. The molecule has 0 unspecified atom stereocenters. The van der Waals surface area contributed by atoms with Crippen LogP contribution in [0.3, 0.4) is 0 Å². The molecule has 6 nitrogen and oxygen atoms in total. The number of carbonyl (C=O) groups is 1. The lowest BCUT2D eigenvalue weighted by molar-refractivity contribution is 0.241. The summed E-state index contributed by atoms with van der Waals surface area (Å²) in [4.78, 5) is 16.4. The maximum absolute atomic E-state index is 11.9. The molecule has 3 rings (SSSR count). The molecular formula is C19H21N3O3. The highest BCUT2D eigenvalue weighted by Crippen LogP contribution is 2.21. The Morgan fingerprint density at radius 2 is 2.04 bits per heavy atom. The number of aliphatic hydroxyl groups excluding tert-OH is 1. The van der Waals surface area contributed by atoms with Crippen LogP contribution in [-0.2, 0) is 6.42 Å². The SMILES string of the molecule is C[C@H](CCO)NC(=O)Nc1ccc2nc(Cc3ccccc3)oc2c1. The third-order valence-corrected chi connectivity index (χ3v) is 3.83. The number of amides is 2. The molecule has 0 aliphatic heterocycles. The van der Waals surface area contributed by atoms with Crippen LogP contribution in [0.2, 0.25) is 0 Å². The van der Waals surface area contributed by atoms with Gasteiger partial charge in [0.05, 0.1) is 0 Å². The van der Waals surface area contributed by atoms with E-state index in [0.29, 0.717) is 30.0 Å². The van der Waals surface area contributed by atoms with Gasteiger partial charge >= 0.3 is 6.03 Å². The molecule has 1 aromatic heterocycles. The van der Waals surface area contributed by atoms with Gasteiger partial charge in [-0.3, -0.25) is 0 Å². The van der Waals surface area contributed by atoms with E-state index < -0.39 is 0 Å². The van der Waals surface area contributed by atoms with E-state index in [1.807, 2.05) is 43.3 Å². The normalized spacial score (nSPS) is 12.1. The fraction of sp³-hybridized carbons (Fsp3) is 0.263. The molecule has 0 fully saturated rings. The van der Waals surface area contributed by atoms with Crippen molar-refractivity contribution in [2.24, 2.45) is 0 Å². The van der Waals surface area contributed by atoms with Crippen LogP contribution < -0.4 is 10.6 Å². The summed E-state index contributed by atoms with van der Waals surface area (Å²) in [5.41, 5.74) is 3.14. The van der Waals surface area contributed by atoms with Crippen molar-refractivity contribution in [3.05, 3.63) is 60.0 Å². The van der Waals surface area contributed by atoms with E-state index in [1.54, 1.807) is 12.1 Å². The van der Waals surface area contributed by atoms with E-state index in [4.69, 9.17) is 9.52 Å². The molecular weight excluding hydrogens is 318 g/mol. The lowest BCUT2D eigenvalue weighted by Gasteiger charge is -2.13. The number of benzene rings is 2. The summed E-state index contributed by atoms with van der Waals surface area (Å²) >= 11 is 0. The highest BCUT2D eigenvalue weighted by atomic mass is 16.3. The molecule has 2 aromatic carbocycles. The lowest BCUT2D eigenvalue weighted by atomic mass is 10.1. The first-order valence-corrected chi connectivity index (χ1v) is 8.26. The average Bonchev–Trinajstić information content (AvgIpc) is 2.97. The third kappa shape index (κ3) is 4.58. The zero-order chi connectivity index (χ0) is 17.6. The fourth-order valence-corrected chi connectivity index (χ4v) is 2.55. The molecule has 3 aromatic rings. The Bertz CT molecular complexity index is 846. The molecule has 0 spiro atoms. The Labute approximate surface area is 145 Å². The Kier molecular flexibility index (Phi) is 5.30. The summed E-state index contributed by atoms with van der Waals surface area (Å²) in [7, 11) is 0. The number of aromatic nitrogens is 1. The average molecular weight is 339 g/mol. The molecule has 130 valence electrons. The molecule has 0 aliphatic rings. The van der Waals surface area contributed by atoms with E-state index in [9.17, 15) is 4.79 Å². The van der Waals surface area contributed by atoms with Gasteiger partial charge < -0.3 is 20.2 Å². The van der Waals surface area contributed by atoms with Crippen molar-refractivity contribution < 1.29 is 14.3 Å². The maximum Gasteiger partial charge on any atom is 0.319 e. The Morgan fingerprint density at radius 1 is 1.24 bits per heavy atom. The van der Waals surface area contributed by atoms with Gasteiger partial charge in [-0.1, -0.05) is 30.3 Å². The number of oxazole rings is 1. The highest BCUT2D eigenvalue weighted by molar-refractivity contribution is 5.91. The molecule has 6 heteroatoms. The number of hydrogen-bond donors (Lipinski definition) is 3. The zero-order valence-electron chi connectivity index (χ0n) is 14.0. The number of hydrogen-bond acceptors (Lipinski definition) is 4. The summed E-state index contributed by atoms with van der Waals surface area (Å²) in [6.45, 7) is 1.88. The second kappa shape index (κ2) is 7.81. The summed E-state index contributed by atoms with van der Waals surface area (Å²) in [5.74, 6) is 0.638. The van der Waals surface area contributed by atoms with Gasteiger partial charge in [-0.25, -0.2) is 9.78 Å². The smallest absolute Gasteiger partial charge is 0.319 e. The Balaban J connectivity index is 1.69. The lowest BCUT2D eigenvalue weighted by Crippen LogP contribution is -2.36. The number of rotatable bonds is 6. The van der Waals surface area contributed by atoms with E-state index >= 15 is 0 Å². The summed E-state index contributed by atoms with van der Waals surface area (Å²) in [6.07, 6.45) is 1.13. The summed E-state index contributed by atoms with van der Waals surface area (Å²) in [5, 5.41) is 14.4. The zero-order valence-corrected chi connectivity index (χ0v) is 14.0. The summed E-state index contributed by atoms with van der Waals surface area (Å²) in [6, 6.07) is 14.9. The van der Waals surface area contributed by atoms with Crippen LogP contribution in [0, 0.1) is 0 Å². The van der Waals surface area contributed by atoms with E-state index in [1.165, 1.54) is 0 Å². The number of fused-ring (bicyclic) bond motifs is 1. The van der Waals surface area contributed by atoms with Crippen molar-refractivity contribution in [3.8, 4) is 0 Å². The largest absolute Gasteiger partial charge is 0.440 e. The molecule has 3 N–H and O–H groups in total. The second-order valence-electron chi connectivity index (χ2n) is 5.96. The minimum absolute atomic E-state index is 0.0374. The third-order valence-electron chi connectivity index (χ3n) is 3.83. The van der Waals surface area contributed by atoms with Crippen molar-refractivity contribution in [3.63, 3.8) is 0 Å². The maximum atomic E-state index is 11.9. The molecule has 0 saturated carbocycles. The van der Waals surface area contributed by atoms with Crippen molar-refractivity contribution >= 4 is 22.8 Å². The van der Waals surface area contributed by atoms with Gasteiger partial charge in [0.1, 0.15) is 5.52 Å². The van der Waals surface area contributed by atoms with Crippen molar-refractivity contribution in [2.45, 2.75) is 25.8 Å². The first-order chi connectivity index (χ1) is 12.1. The van der Waals surface area contributed by atoms with Gasteiger partial charge in [-0.15, -0.1) is 0 Å². The first-order valence-electron chi connectivity index (χ1n) is 8.26. The van der Waals surface area contributed by atoms with Crippen LogP contribution in [-0.4, -0.2) is 28.8 Å². The predicted molar refractivity (Wildman–Crippen MR) is 96.6 cm³/mol. The van der Waals surface area contributed by atoms with Crippen LogP contribution in [0.4, 0.5) is 10.5 Å². The highest BCUT2D eigenvalue weighted by Gasteiger charge is 2.10. The minimum Gasteiger partial charge on any atom is -0.440 e. The van der Waals surface area contributed by atoms with E-state index in [2.05, 4.69) is 15.6 Å². The van der Waals surface area contributed by atoms with E-state index in [-0.39, 0.29) is 18.7 Å². The van der Waals surface area contributed by atoms with Gasteiger partial charge in [-0.2, -0.15) is 0 Å². The van der Waals surface area contributed by atoms with Crippen molar-refractivity contribution in [1.82, 2.24) is 10.3 Å². The van der Waals surface area contributed by atoms with Crippen LogP contribution in [0.5, 0.6) is 0 Å². The van der Waals surface area contributed by atoms with Crippen LogP contribution in [0.1, 0.15) is 24.8 Å². The molecule has 2 amide bonds. The van der Waals surface area contributed by atoms with Crippen LogP contribution >= 0.6 is 0 Å². The number of anilines is 1. The quantitative estimate of drug-likeness (QED) is 0.643. The number of carbonyl (C=O) groups excluding carboxylic acids is 1. The summed E-state index contributed by atoms with van der Waals surface area (Å²) < 4.78 is 5.80. The molecule has 0 bridgehead atoms. The first kappa shape index (κ1) is 17.0. The minimum atomic E-state index is -0.315. The molecule has 0 radical (unpaired) electrons. The van der Waals surface area contributed by atoms with E-state index in [0.717, 1.165) is 11.1 Å². The topological polar surface area (TPSA) is 87.4 Å². The van der Waals surface area contributed by atoms with Gasteiger partial charge in [0, 0.05) is 30.8 Å². The van der Waals surface area contributed by atoms with Gasteiger partial charge in [0.2, 0.25) is 0 Å².